The monoisotopic (exact) mass is 448 g/mol. The lowest BCUT2D eigenvalue weighted by molar-refractivity contribution is -0.231. The first-order valence-corrected chi connectivity index (χ1v) is 10.9. The van der Waals surface area contributed by atoms with Crippen LogP contribution in [0, 0.1) is 0 Å². The smallest absolute Gasteiger partial charge is 0.123 e. The van der Waals surface area contributed by atoms with Crippen LogP contribution in [0.25, 0.3) is 0 Å². The van der Waals surface area contributed by atoms with E-state index in [0.717, 1.165) is 23.3 Å². The molecule has 2 aromatic carbocycles. The SMILES string of the molecule is CC1(C)CCOc2ccc(Cc3cc([C@@H]4O[C@H](CO)[C@@H](O)[C@H](O)[C@H]4O)ccc3Cl)cc21. The van der Waals surface area contributed by atoms with Gasteiger partial charge in [0, 0.05) is 10.6 Å². The fourth-order valence-electron chi connectivity index (χ4n) is 4.40. The van der Waals surface area contributed by atoms with E-state index >= 15 is 0 Å². The Kier molecular flexibility index (Phi) is 6.32. The minimum atomic E-state index is -1.42. The van der Waals surface area contributed by atoms with Crippen LogP contribution in [-0.2, 0) is 16.6 Å². The van der Waals surface area contributed by atoms with E-state index in [0.29, 0.717) is 23.6 Å². The minimum absolute atomic E-state index is 0.0333. The van der Waals surface area contributed by atoms with Crippen molar-refractivity contribution in [2.24, 2.45) is 0 Å². The Bertz CT molecular complexity index is 944. The molecule has 0 bridgehead atoms. The highest BCUT2D eigenvalue weighted by Gasteiger charge is 2.44. The highest BCUT2D eigenvalue weighted by molar-refractivity contribution is 6.31. The van der Waals surface area contributed by atoms with Gasteiger partial charge in [0.2, 0.25) is 0 Å². The Morgan fingerprint density at radius 1 is 1.03 bits per heavy atom. The van der Waals surface area contributed by atoms with Gasteiger partial charge in [-0.2, -0.15) is 0 Å². The van der Waals surface area contributed by atoms with Crippen LogP contribution in [0.1, 0.15) is 48.6 Å². The molecule has 4 N–H and O–H groups in total. The number of benzene rings is 2. The molecule has 31 heavy (non-hydrogen) atoms. The van der Waals surface area contributed by atoms with Gasteiger partial charge in [0.05, 0.1) is 13.2 Å². The normalized spacial score (nSPS) is 29.8. The molecular weight excluding hydrogens is 420 g/mol. The molecule has 2 aliphatic rings. The summed E-state index contributed by atoms with van der Waals surface area (Å²) in [5, 5.41) is 40.6. The summed E-state index contributed by atoms with van der Waals surface area (Å²) in [7, 11) is 0. The maximum atomic E-state index is 10.5. The van der Waals surface area contributed by atoms with Gasteiger partial charge in [0.15, 0.2) is 0 Å². The topological polar surface area (TPSA) is 99.4 Å². The molecule has 1 fully saturated rings. The summed E-state index contributed by atoms with van der Waals surface area (Å²) in [5.74, 6) is 0.918. The van der Waals surface area contributed by atoms with Crippen LogP contribution in [0.3, 0.4) is 0 Å². The predicted octanol–water partition coefficient (Wildman–Crippen LogP) is 2.51. The zero-order valence-corrected chi connectivity index (χ0v) is 18.4. The first kappa shape index (κ1) is 22.5. The second kappa shape index (κ2) is 8.70. The van der Waals surface area contributed by atoms with Crippen molar-refractivity contribution < 1.29 is 29.9 Å². The van der Waals surface area contributed by atoms with E-state index in [2.05, 4.69) is 19.9 Å². The molecule has 0 aromatic heterocycles. The van der Waals surface area contributed by atoms with Gasteiger partial charge in [0.25, 0.3) is 0 Å². The highest BCUT2D eigenvalue weighted by atomic mass is 35.5. The lowest BCUT2D eigenvalue weighted by atomic mass is 9.79. The Labute approximate surface area is 187 Å². The quantitative estimate of drug-likeness (QED) is 0.573. The van der Waals surface area contributed by atoms with Crippen molar-refractivity contribution in [1.82, 2.24) is 0 Å². The zero-order valence-electron chi connectivity index (χ0n) is 17.7. The summed E-state index contributed by atoms with van der Waals surface area (Å²) in [6.45, 7) is 4.68. The number of hydrogen-bond acceptors (Lipinski definition) is 6. The molecule has 7 heteroatoms. The third-order valence-electron chi connectivity index (χ3n) is 6.44. The zero-order chi connectivity index (χ0) is 22.3. The standard InChI is InChI=1S/C24H29ClO6/c1-24(2)7-8-30-18-6-3-13(10-16(18)24)9-15-11-14(4-5-17(15)25)23-22(29)21(28)20(27)19(12-26)31-23/h3-6,10-11,19-23,26-29H,7-9,12H2,1-2H3/t19-,20-,21+,22-,23+/m1/s1. The third kappa shape index (κ3) is 4.33. The number of hydrogen-bond donors (Lipinski definition) is 4. The lowest BCUT2D eigenvalue weighted by Crippen LogP contribution is -2.55. The fraction of sp³-hybridized carbons (Fsp3) is 0.500. The summed E-state index contributed by atoms with van der Waals surface area (Å²) >= 11 is 6.47. The molecule has 0 amide bonds. The summed E-state index contributed by atoms with van der Waals surface area (Å²) < 4.78 is 11.5. The first-order valence-electron chi connectivity index (χ1n) is 10.6. The van der Waals surface area contributed by atoms with E-state index in [1.54, 1.807) is 12.1 Å². The van der Waals surface area contributed by atoms with Gasteiger partial charge in [0.1, 0.15) is 36.3 Å². The highest BCUT2D eigenvalue weighted by Crippen LogP contribution is 2.39. The molecule has 2 aromatic rings. The molecule has 4 rings (SSSR count). The number of fused-ring (bicyclic) bond motifs is 1. The molecule has 0 radical (unpaired) electrons. The second-order valence-corrected chi connectivity index (χ2v) is 9.50. The Morgan fingerprint density at radius 2 is 1.81 bits per heavy atom. The molecule has 5 atom stereocenters. The molecule has 1 saturated heterocycles. The van der Waals surface area contributed by atoms with Crippen LogP contribution >= 0.6 is 11.6 Å². The van der Waals surface area contributed by atoms with Crippen LogP contribution in [0.2, 0.25) is 5.02 Å². The van der Waals surface area contributed by atoms with E-state index in [-0.39, 0.29) is 5.41 Å². The number of aliphatic hydroxyl groups excluding tert-OH is 4. The average Bonchev–Trinajstić information content (AvgIpc) is 2.74. The van der Waals surface area contributed by atoms with Crippen LogP contribution < -0.4 is 4.74 Å². The first-order chi connectivity index (χ1) is 14.7. The van der Waals surface area contributed by atoms with Crippen molar-refractivity contribution in [2.75, 3.05) is 13.2 Å². The van der Waals surface area contributed by atoms with E-state index in [1.165, 1.54) is 5.56 Å². The summed E-state index contributed by atoms with van der Waals surface area (Å²) in [5.41, 5.74) is 3.78. The van der Waals surface area contributed by atoms with Crippen molar-refractivity contribution in [3.05, 3.63) is 63.7 Å². The molecule has 6 nitrogen and oxygen atoms in total. The molecule has 0 saturated carbocycles. The average molecular weight is 449 g/mol. The number of ether oxygens (including phenoxy) is 2. The molecule has 2 heterocycles. The van der Waals surface area contributed by atoms with Gasteiger partial charge < -0.3 is 29.9 Å². The molecule has 0 aliphatic carbocycles. The van der Waals surface area contributed by atoms with Gasteiger partial charge in [-0.25, -0.2) is 0 Å². The Balaban J connectivity index is 1.62. The Morgan fingerprint density at radius 3 is 2.55 bits per heavy atom. The second-order valence-electron chi connectivity index (χ2n) is 9.09. The van der Waals surface area contributed by atoms with Crippen molar-refractivity contribution in [3.8, 4) is 5.75 Å². The molecule has 0 unspecified atom stereocenters. The summed E-state index contributed by atoms with van der Waals surface area (Å²) in [6.07, 6.45) is -4.44. The number of halogens is 1. The van der Waals surface area contributed by atoms with E-state index < -0.39 is 37.1 Å². The number of aliphatic hydroxyl groups is 4. The van der Waals surface area contributed by atoms with Crippen LogP contribution in [-0.4, -0.2) is 58.1 Å². The van der Waals surface area contributed by atoms with E-state index in [9.17, 15) is 20.4 Å². The van der Waals surface area contributed by atoms with Crippen LogP contribution in [0.15, 0.2) is 36.4 Å². The molecular formula is C24H29ClO6. The summed E-state index contributed by atoms with van der Waals surface area (Å²) in [4.78, 5) is 0. The van der Waals surface area contributed by atoms with Gasteiger partial charge in [-0.3, -0.25) is 0 Å². The number of rotatable bonds is 4. The largest absolute Gasteiger partial charge is 0.493 e. The van der Waals surface area contributed by atoms with Crippen LogP contribution in [0.5, 0.6) is 5.75 Å². The van der Waals surface area contributed by atoms with Gasteiger partial charge >= 0.3 is 0 Å². The third-order valence-corrected chi connectivity index (χ3v) is 6.81. The maximum Gasteiger partial charge on any atom is 0.123 e. The van der Waals surface area contributed by atoms with Gasteiger partial charge in [-0.15, -0.1) is 0 Å². The summed E-state index contributed by atoms with van der Waals surface area (Å²) in [6, 6.07) is 11.5. The van der Waals surface area contributed by atoms with E-state index in [1.807, 2.05) is 18.2 Å². The van der Waals surface area contributed by atoms with Crippen molar-refractivity contribution in [2.45, 2.75) is 62.6 Å². The molecule has 168 valence electrons. The van der Waals surface area contributed by atoms with Gasteiger partial charge in [-0.1, -0.05) is 49.7 Å². The van der Waals surface area contributed by atoms with Crippen molar-refractivity contribution in [1.29, 1.82) is 0 Å². The fourth-order valence-corrected chi connectivity index (χ4v) is 4.58. The van der Waals surface area contributed by atoms with Crippen LogP contribution in [0.4, 0.5) is 0 Å². The lowest BCUT2D eigenvalue weighted by Gasteiger charge is -2.40. The van der Waals surface area contributed by atoms with Crippen molar-refractivity contribution >= 4 is 11.6 Å². The van der Waals surface area contributed by atoms with E-state index in [4.69, 9.17) is 21.1 Å². The maximum absolute atomic E-state index is 10.5. The molecule has 0 spiro atoms. The molecule has 2 aliphatic heterocycles. The Hall–Kier alpha value is -1.67. The van der Waals surface area contributed by atoms with Crippen molar-refractivity contribution in [3.63, 3.8) is 0 Å². The predicted molar refractivity (Wildman–Crippen MR) is 117 cm³/mol. The van der Waals surface area contributed by atoms with Gasteiger partial charge in [-0.05, 0) is 47.1 Å². The minimum Gasteiger partial charge on any atom is -0.493 e.